The molecular weight excluding hydrogens is 424 g/mol. The minimum atomic E-state index is 0.604. The summed E-state index contributed by atoms with van der Waals surface area (Å²) in [6, 6.07) is 9.20. The zero-order valence-corrected chi connectivity index (χ0v) is 20.3. The van der Waals surface area contributed by atoms with E-state index >= 15 is 0 Å². The molecule has 6 rings (SSSR count). The van der Waals surface area contributed by atoms with E-state index in [1.165, 1.54) is 44.3 Å². The number of piperidine rings is 1. The second kappa shape index (κ2) is 8.51. The molecule has 1 unspecified atom stereocenters. The average molecular weight is 457 g/mol. The van der Waals surface area contributed by atoms with Gasteiger partial charge in [0.1, 0.15) is 17.8 Å². The molecule has 1 atom stereocenters. The van der Waals surface area contributed by atoms with Gasteiger partial charge in [-0.05, 0) is 39.3 Å². The van der Waals surface area contributed by atoms with Crippen molar-refractivity contribution in [1.29, 1.82) is 0 Å². The first-order valence-electron chi connectivity index (χ1n) is 12.4. The van der Waals surface area contributed by atoms with E-state index in [2.05, 4.69) is 51.1 Å². The predicted molar refractivity (Wildman–Crippen MR) is 135 cm³/mol. The van der Waals surface area contributed by atoms with Crippen molar-refractivity contribution in [3.05, 3.63) is 42.4 Å². The second-order valence-electron chi connectivity index (χ2n) is 9.75. The Morgan fingerprint density at radius 3 is 2.50 bits per heavy atom. The summed E-state index contributed by atoms with van der Waals surface area (Å²) < 4.78 is 3.81. The Kier molecular flexibility index (Phi) is 5.32. The fourth-order valence-electron chi connectivity index (χ4n) is 5.68. The van der Waals surface area contributed by atoms with Crippen LogP contribution in [0.2, 0.25) is 0 Å². The lowest BCUT2D eigenvalue weighted by molar-refractivity contribution is 0.175. The molecule has 176 valence electrons. The summed E-state index contributed by atoms with van der Waals surface area (Å²) in [6.07, 6.45) is 8.80. The average Bonchev–Trinajstić information content (AvgIpc) is 3.58. The molecular formula is C26H32N8. The smallest absolute Gasteiger partial charge is 0.163 e. The van der Waals surface area contributed by atoms with Crippen LogP contribution in [0.3, 0.4) is 0 Å². The third-order valence-corrected chi connectivity index (χ3v) is 7.49. The minimum Gasteiger partial charge on any atom is -0.354 e. The third kappa shape index (κ3) is 3.57. The van der Waals surface area contributed by atoms with Gasteiger partial charge in [0.25, 0.3) is 0 Å². The zero-order valence-electron chi connectivity index (χ0n) is 20.3. The second-order valence-corrected chi connectivity index (χ2v) is 9.75. The molecule has 4 aromatic rings. The van der Waals surface area contributed by atoms with Gasteiger partial charge in [-0.2, -0.15) is 10.2 Å². The molecule has 8 nitrogen and oxygen atoms in total. The standard InChI is InChI=1S/C26H32N8/c1-18-7-9-19(10-8-18)24-21(15-29-31(24)2)23-22-25(32(3)30-23)27-17-28-26(22)34-14-11-20(16-34)33-12-5-4-6-13-33/h7-10,15,17,20H,4-6,11-14,16H2,1-3H3. The highest BCUT2D eigenvalue weighted by Crippen LogP contribution is 2.39. The molecule has 0 bridgehead atoms. The SMILES string of the molecule is Cc1ccc(-c2c(-c3nn(C)c4ncnc(N5CCC(N6CCCCC6)C5)c34)cnn2C)cc1. The highest BCUT2D eigenvalue weighted by atomic mass is 15.3. The van der Waals surface area contributed by atoms with Gasteiger partial charge < -0.3 is 4.90 Å². The van der Waals surface area contributed by atoms with Crippen LogP contribution in [0.15, 0.2) is 36.8 Å². The van der Waals surface area contributed by atoms with E-state index in [1.807, 2.05) is 29.7 Å². The van der Waals surface area contributed by atoms with E-state index in [0.717, 1.165) is 52.5 Å². The normalized spacial score (nSPS) is 19.4. The highest BCUT2D eigenvalue weighted by Gasteiger charge is 2.32. The van der Waals surface area contributed by atoms with Gasteiger partial charge in [0.05, 0.1) is 17.3 Å². The molecule has 0 aliphatic carbocycles. The van der Waals surface area contributed by atoms with Gasteiger partial charge in [-0.1, -0.05) is 36.2 Å². The number of hydrogen-bond donors (Lipinski definition) is 0. The van der Waals surface area contributed by atoms with Crippen LogP contribution in [0.5, 0.6) is 0 Å². The number of benzene rings is 1. The van der Waals surface area contributed by atoms with E-state index in [1.54, 1.807) is 6.33 Å². The van der Waals surface area contributed by atoms with Crippen molar-refractivity contribution < 1.29 is 0 Å². The molecule has 0 amide bonds. The fourth-order valence-corrected chi connectivity index (χ4v) is 5.68. The first-order valence-corrected chi connectivity index (χ1v) is 12.4. The van der Waals surface area contributed by atoms with Gasteiger partial charge in [0.2, 0.25) is 0 Å². The maximum Gasteiger partial charge on any atom is 0.163 e. The number of anilines is 1. The molecule has 34 heavy (non-hydrogen) atoms. The topological polar surface area (TPSA) is 67.9 Å². The number of fused-ring (bicyclic) bond motifs is 1. The minimum absolute atomic E-state index is 0.604. The summed E-state index contributed by atoms with van der Waals surface area (Å²) in [4.78, 5) is 14.5. The number of aromatic nitrogens is 6. The largest absolute Gasteiger partial charge is 0.354 e. The Morgan fingerprint density at radius 2 is 1.71 bits per heavy atom. The quantitative estimate of drug-likeness (QED) is 0.465. The Morgan fingerprint density at radius 1 is 0.912 bits per heavy atom. The Labute approximate surface area is 200 Å². The lowest BCUT2D eigenvalue weighted by Crippen LogP contribution is -2.41. The van der Waals surface area contributed by atoms with E-state index in [0.29, 0.717) is 6.04 Å². The van der Waals surface area contributed by atoms with Gasteiger partial charge in [0, 0.05) is 44.4 Å². The molecule has 0 saturated carbocycles. The van der Waals surface area contributed by atoms with Crippen molar-refractivity contribution in [2.45, 2.75) is 38.6 Å². The van der Waals surface area contributed by atoms with E-state index in [9.17, 15) is 0 Å². The molecule has 1 aromatic carbocycles. The van der Waals surface area contributed by atoms with Crippen LogP contribution in [-0.2, 0) is 14.1 Å². The van der Waals surface area contributed by atoms with E-state index in [4.69, 9.17) is 10.1 Å². The van der Waals surface area contributed by atoms with E-state index < -0.39 is 0 Å². The summed E-state index contributed by atoms with van der Waals surface area (Å²) in [6.45, 7) is 6.59. The van der Waals surface area contributed by atoms with Crippen molar-refractivity contribution in [2.24, 2.45) is 14.1 Å². The van der Waals surface area contributed by atoms with Crippen molar-refractivity contribution in [3.63, 3.8) is 0 Å². The number of rotatable bonds is 4. The molecule has 5 heterocycles. The van der Waals surface area contributed by atoms with E-state index in [-0.39, 0.29) is 0 Å². The Hall–Kier alpha value is -3.26. The molecule has 0 spiro atoms. The monoisotopic (exact) mass is 456 g/mol. The summed E-state index contributed by atoms with van der Waals surface area (Å²) >= 11 is 0. The summed E-state index contributed by atoms with van der Waals surface area (Å²) in [5.74, 6) is 0.992. The highest BCUT2D eigenvalue weighted by molar-refractivity contribution is 6.01. The van der Waals surface area contributed by atoms with Crippen molar-refractivity contribution >= 4 is 16.9 Å². The van der Waals surface area contributed by atoms with Crippen LogP contribution in [0.25, 0.3) is 33.5 Å². The summed E-state index contributed by atoms with van der Waals surface area (Å²) in [7, 11) is 3.95. The molecule has 0 N–H and O–H groups in total. The van der Waals surface area contributed by atoms with Crippen molar-refractivity contribution in [2.75, 3.05) is 31.1 Å². The number of nitrogens with zero attached hydrogens (tertiary/aromatic N) is 8. The maximum atomic E-state index is 4.94. The Bertz CT molecular complexity index is 1310. The van der Waals surface area contributed by atoms with Crippen molar-refractivity contribution in [3.8, 4) is 22.5 Å². The van der Waals surface area contributed by atoms with Crippen LogP contribution in [0.4, 0.5) is 5.82 Å². The molecule has 2 fully saturated rings. The summed E-state index contributed by atoms with van der Waals surface area (Å²) in [5, 5.41) is 10.6. The van der Waals surface area contributed by atoms with Crippen LogP contribution in [-0.4, -0.2) is 66.6 Å². The summed E-state index contributed by atoms with van der Waals surface area (Å²) in [5.41, 5.74) is 6.20. The lowest BCUT2D eigenvalue weighted by Gasteiger charge is -2.32. The molecule has 2 aliphatic rings. The maximum absolute atomic E-state index is 4.94. The first kappa shape index (κ1) is 21.3. The first-order chi connectivity index (χ1) is 16.6. The van der Waals surface area contributed by atoms with Gasteiger partial charge in [0.15, 0.2) is 5.65 Å². The van der Waals surface area contributed by atoms with Gasteiger partial charge in [-0.3, -0.25) is 9.58 Å². The molecule has 8 heteroatoms. The van der Waals surface area contributed by atoms with Crippen LogP contribution >= 0.6 is 0 Å². The van der Waals surface area contributed by atoms with Crippen LogP contribution < -0.4 is 4.90 Å². The van der Waals surface area contributed by atoms with Gasteiger partial charge in [-0.25, -0.2) is 14.6 Å². The number of likely N-dealkylation sites (tertiary alicyclic amines) is 1. The van der Waals surface area contributed by atoms with Crippen LogP contribution in [0.1, 0.15) is 31.2 Å². The number of aryl methyl sites for hydroxylation is 3. The zero-order chi connectivity index (χ0) is 23.2. The Balaban J connectivity index is 1.43. The molecule has 0 radical (unpaired) electrons. The van der Waals surface area contributed by atoms with Gasteiger partial charge >= 0.3 is 0 Å². The van der Waals surface area contributed by atoms with Crippen LogP contribution in [0, 0.1) is 6.92 Å². The van der Waals surface area contributed by atoms with Crippen molar-refractivity contribution in [1.82, 2.24) is 34.4 Å². The lowest BCUT2D eigenvalue weighted by atomic mass is 10.0. The fraction of sp³-hybridized carbons (Fsp3) is 0.462. The predicted octanol–water partition coefficient (Wildman–Crippen LogP) is 3.80. The third-order valence-electron chi connectivity index (χ3n) is 7.49. The molecule has 2 saturated heterocycles. The van der Waals surface area contributed by atoms with Gasteiger partial charge in [-0.15, -0.1) is 0 Å². The molecule has 2 aliphatic heterocycles. The number of hydrogen-bond acceptors (Lipinski definition) is 6. The molecule has 3 aromatic heterocycles.